The average Bonchev–Trinajstić information content (AvgIpc) is 2.67. The van der Waals surface area contributed by atoms with Crippen molar-refractivity contribution in [3.05, 3.63) is 36.4 Å². The second-order valence-corrected chi connectivity index (χ2v) is 6.49. The number of hydrogen-bond donors (Lipinski definition) is 0. The van der Waals surface area contributed by atoms with Crippen LogP contribution in [0, 0.1) is 11.8 Å². The summed E-state index contributed by atoms with van der Waals surface area (Å²) in [6, 6.07) is 7.86. The van der Waals surface area contributed by atoms with Crippen molar-refractivity contribution in [2.75, 3.05) is 38.2 Å². The van der Waals surface area contributed by atoms with E-state index in [2.05, 4.69) is 4.90 Å². The minimum atomic E-state index is -1.13. The molecule has 1 aromatic rings. The number of amides is 1. The largest absolute Gasteiger partial charge is 0.550 e. The van der Waals surface area contributed by atoms with Gasteiger partial charge in [-0.05, 0) is 25.0 Å². The summed E-state index contributed by atoms with van der Waals surface area (Å²) < 4.78 is 5.26. The number of allylic oxidation sites excluding steroid dienone is 2. The van der Waals surface area contributed by atoms with E-state index >= 15 is 0 Å². The number of carbonyl (C=O) groups is 2. The van der Waals surface area contributed by atoms with Crippen LogP contribution in [0.1, 0.15) is 12.8 Å². The van der Waals surface area contributed by atoms with Crippen LogP contribution in [0.25, 0.3) is 0 Å². The minimum Gasteiger partial charge on any atom is -0.550 e. The van der Waals surface area contributed by atoms with Gasteiger partial charge in [-0.3, -0.25) is 4.79 Å². The van der Waals surface area contributed by atoms with Crippen molar-refractivity contribution in [3.8, 4) is 5.75 Å². The Morgan fingerprint density at radius 1 is 1.08 bits per heavy atom. The molecule has 134 valence electrons. The van der Waals surface area contributed by atoms with Gasteiger partial charge in [0.15, 0.2) is 0 Å². The smallest absolute Gasteiger partial charge is 0.226 e. The molecular weight excluding hydrogens is 320 g/mol. The molecule has 1 aliphatic heterocycles. The maximum absolute atomic E-state index is 12.8. The molecule has 0 unspecified atom stereocenters. The van der Waals surface area contributed by atoms with Gasteiger partial charge in [0.25, 0.3) is 0 Å². The van der Waals surface area contributed by atoms with Gasteiger partial charge in [0, 0.05) is 55.7 Å². The van der Waals surface area contributed by atoms with Gasteiger partial charge < -0.3 is 24.4 Å². The van der Waals surface area contributed by atoms with E-state index in [9.17, 15) is 14.7 Å². The maximum Gasteiger partial charge on any atom is 0.226 e. The Morgan fingerprint density at radius 2 is 1.76 bits per heavy atom. The number of rotatable bonds is 4. The van der Waals surface area contributed by atoms with Crippen LogP contribution in [0.15, 0.2) is 36.4 Å². The number of carboxylic acids is 1. The van der Waals surface area contributed by atoms with E-state index in [4.69, 9.17) is 4.74 Å². The molecule has 0 N–H and O–H groups in total. The van der Waals surface area contributed by atoms with Gasteiger partial charge in [-0.1, -0.05) is 18.2 Å². The van der Waals surface area contributed by atoms with Crippen molar-refractivity contribution in [1.29, 1.82) is 0 Å². The maximum atomic E-state index is 12.8. The molecule has 6 heteroatoms. The van der Waals surface area contributed by atoms with Crippen LogP contribution in [0.4, 0.5) is 5.69 Å². The lowest BCUT2D eigenvalue weighted by atomic mass is 9.82. The number of aliphatic carboxylic acids is 1. The Hall–Kier alpha value is -2.50. The van der Waals surface area contributed by atoms with Crippen LogP contribution in [-0.2, 0) is 9.59 Å². The second kappa shape index (κ2) is 7.59. The van der Waals surface area contributed by atoms with E-state index in [0.29, 0.717) is 25.9 Å². The molecule has 0 saturated carbocycles. The van der Waals surface area contributed by atoms with Crippen molar-refractivity contribution in [3.63, 3.8) is 0 Å². The zero-order valence-electron chi connectivity index (χ0n) is 14.4. The van der Waals surface area contributed by atoms with Gasteiger partial charge in [-0.25, -0.2) is 0 Å². The SMILES string of the molecule is COc1cccc(N2CCN(C(=O)[C@@H]3CC=CC[C@@H]3C(=O)[O-])CC2)c1. The molecule has 6 nitrogen and oxygen atoms in total. The van der Waals surface area contributed by atoms with Gasteiger partial charge in [0.1, 0.15) is 5.75 Å². The highest BCUT2D eigenvalue weighted by Gasteiger charge is 2.34. The molecule has 1 fully saturated rings. The van der Waals surface area contributed by atoms with E-state index < -0.39 is 17.8 Å². The molecule has 0 spiro atoms. The number of hydrogen-bond acceptors (Lipinski definition) is 5. The highest BCUT2D eigenvalue weighted by atomic mass is 16.5. The summed E-state index contributed by atoms with van der Waals surface area (Å²) in [5.41, 5.74) is 1.07. The topological polar surface area (TPSA) is 72.9 Å². The van der Waals surface area contributed by atoms with Gasteiger partial charge in [-0.15, -0.1) is 0 Å². The van der Waals surface area contributed by atoms with Gasteiger partial charge >= 0.3 is 0 Å². The van der Waals surface area contributed by atoms with E-state index in [1.165, 1.54) is 0 Å². The molecule has 1 amide bonds. The zero-order valence-corrected chi connectivity index (χ0v) is 14.4. The summed E-state index contributed by atoms with van der Waals surface area (Å²) in [6.45, 7) is 2.63. The van der Waals surface area contributed by atoms with E-state index in [1.807, 2.05) is 36.4 Å². The summed E-state index contributed by atoms with van der Waals surface area (Å²) >= 11 is 0. The first-order valence-electron chi connectivity index (χ1n) is 8.64. The third-order valence-electron chi connectivity index (χ3n) is 5.06. The van der Waals surface area contributed by atoms with Crippen LogP contribution in [-0.4, -0.2) is 50.1 Å². The summed E-state index contributed by atoms with van der Waals surface area (Å²) in [4.78, 5) is 28.1. The van der Waals surface area contributed by atoms with Crippen LogP contribution < -0.4 is 14.7 Å². The molecule has 0 radical (unpaired) electrons. The van der Waals surface area contributed by atoms with Crippen LogP contribution >= 0.6 is 0 Å². The third kappa shape index (κ3) is 3.78. The number of anilines is 1. The first kappa shape index (κ1) is 17.3. The number of benzene rings is 1. The number of carboxylic acid groups (broad SMARTS) is 1. The molecule has 3 rings (SSSR count). The highest BCUT2D eigenvalue weighted by molar-refractivity contribution is 5.85. The fourth-order valence-electron chi connectivity index (χ4n) is 3.57. The first-order valence-corrected chi connectivity index (χ1v) is 8.64. The lowest BCUT2D eigenvalue weighted by Gasteiger charge is -2.39. The molecule has 1 heterocycles. The molecule has 0 aromatic heterocycles. The Morgan fingerprint density at radius 3 is 2.40 bits per heavy atom. The standard InChI is InChI=1S/C19H24N2O4/c1-25-15-6-4-5-14(13-15)20-9-11-21(12-10-20)18(22)16-7-2-3-8-17(16)19(23)24/h2-6,13,16-17H,7-12H2,1H3,(H,23,24)/p-1/t16-,17+/m1/s1. The lowest BCUT2D eigenvalue weighted by molar-refractivity contribution is -0.313. The van der Waals surface area contributed by atoms with Crippen LogP contribution in [0.5, 0.6) is 5.75 Å². The minimum absolute atomic E-state index is 0.0659. The fraction of sp³-hybridized carbons (Fsp3) is 0.474. The Labute approximate surface area is 147 Å². The Kier molecular flexibility index (Phi) is 5.26. The predicted octanol–water partition coefficient (Wildman–Crippen LogP) is 0.676. The van der Waals surface area contributed by atoms with Crippen LogP contribution in [0.3, 0.4) is 0 Å². The van der Waals surface area contributed by atoms with Crippen LogP contribution in [0.2, 0.25) is 0 Å². The van der Waals surface area contributed by atoms with Gasteiger partial charge in [0.2, 0.25) is 5.91 Å². The van der Waals surface area contributed by atoms with Gasteiger partial charge in [-0.2, -0.15) is 0 Å². The average molecular weight is 343 g/mol. The van der Waals surface area contributed by atoms with E-state index in [-0.39, 0.29) is 5.91 Å². The van der Waals surface area contributed by atoms with E-state index in [0.717, 1.165) is 24.5 Å². The number of piperazine rings is 1. The van der Waals surface area contributed by atoms with E-state index in [1.54, 1.807) is 12.0 Å². The summed E-state index contributed by atoms with van der Waals surface area (Å²) in [5.74, 6) is -1.60. The molecular formula is C19H23N2O4-. The first-order chi connectivity index (χ1) is 12.1. The fourth-order valence-corrected chi connectivity index (χ4v) is 3.57. The number of methoxy groups -OCH3 is 1. The normalized spacial score (nSPS) is 23.4. The second-order valence-electron chi connectivity index (χ2n) is 6.49. The number of carbonyl (C=O) groups excluding carboxylic acids is 2. The third-order valence-corrected chi connectivity index (χ3v) is 5.06. The monoisotopic (exact) mass is 343 g/mol. The Bertz CT molecular complexity index is 665. The summed E-state index contributed by atoms with van der Waals surface area (Å²) in [7, 11) is 1.64. The summed E-state index contributed by atoms with van der Waals surface area (Å²) in [6.07, 6.45) is 4.58. The van der Waals surface area contributed by atoms with Gasteiger partial charge in [0.05, 0.1) is 7.11 Å². The quantitative estimate of drug-likeness (QED) is 0.752. The van der Waals surface area contributed by atoms with Crippen molar-refractivity contribution in [1.82, 2.24) is 4.90 Å². The van der Waals surface area contributed by atoms with Crippen molar-refractivity contribution < 1.29 is 19.4 Å². The number of ether oxygens (including phenoxy) is 1. The predicted molar refractivity (Wildman–Crippen MR) is 92.1 cm³/mol. The van der Waals surface area contributed by atoms with Crippen molar-refractivity contribution in [2.45, 2.75) is 12.8 Å². The molecule has 25 heavy (non-hydrogen) atoms. The molecule has 0 bridgehead atoms. The molecule has 1 aromatic carbocycles. The zero-order chi connectivity index (χ0) is 17.8. The molecule has 2 aliphatic rings. The highest BCUT2D eigenvalue weighted by Crippen LogP contribution is 2.28. The van der Waals surface area contributed by atoms with Crippen molar-refractivity contribution >= 4 is 17.6 Å². The lowest BCUT2D eigenvalue weighted by Crippen LogP contribution is -2.52. The number of nitrogens with zero attached hydrogens (tertiary/aromatic N) is 2. The molecule has 2 atom stereocenters. The summed E-state index contributed by atoms with van der Waals surface area (Å²) in [5, 5.41) is 11.3. The Balaban J connectivity index is 1.62. The molecule has 1 aliphatic carbocycles. The molecule has 1 saturated heterocycles. The van der Waals surface area contributed by atoms with Crippen molar-refractivity contribution in [2.24, 2.45) is 11.8 Å².